The van der Waals surface area contributed by atoms with E-state index in [-0.39, 0.29) is 0 Å². The predicted octanol–water partition coefficient (Wildman–Crippen LogP) is 2.21. The summed E-state index contributed by atoms with van der Waals surface area (Å²) in [7, 11) is 0. The van der Waals surface area contributed by atoms with Gasteiger partial charge in [0.05, 0.1) is 11.3 Å². The molecule has 0 fully saturated rings. The fourth-order valence-electron chi connectivity index (χ4n) is 1.14. The zero-order valence-electron chi connectivity index (χ0n) is 7.46. The Labute approximate surface area is 72.9 Å². The number of aromatic nitrogens is 1. The first-order valence-electron chi connectivity index (χ1n) is 4.14. The fraction of sp³-hybridized carbons (Fsp3) is 0.400. The molecule has 0 aromatic carbocycles. The van der Waals surface area contributed by atoms with E-state index in [4.69, 9.17) is 5.26 Å². The zero-order chi connectivity index (χ0) is 8.97. The quantitative estimate of drug-likeness (QED) is 0.665. The molecule has 0 aliphatic rings. The van der Waals surface area contributed by atoms with E-state index in [1.165, 1.54) is 0 Å². The maximum atomic E-state index is 8.75. The monoisotopic (exact) mass is 160 g/mol. The molecule has 0 unspecified atom stereocenters. The molecule has 0 atom stereocenters. The van der Waals surface area contributed by atoms with Gasteiger partial charge in [-0.15, -0.1) is 0 Å². The van der Waals surface area contributed by atoms with Crippen molar-refractivity contribution >= 4 is 0 Å². The molecule has 2 nitrogen and oxygen atoms in total. The van der Waals surface area contributed by atoms with E-state index in [9.17, 15) is 0 Å². The van der Waals surface area contributed by atoms with Crippen molar-refractivity contribution in [2.45, 2.75) is 26.7 Å². The van der Waals surface area contributed by atoms with Crippen LogP contribution in [0.5, 0.6) is 0 Å². The minimum absolute atomic E-state index is 0.711. The molecule has 0 aliphatic heterocycles. The van der Waals surface area contributed by atoms with Gasteiger partial charge in [0.25, 0.3) is 0 Å². The van der Waals surface area contributed by atoms with Gasteiger partial charge in [-0.2, -0.15) is 5.26 Å². The predicted molar refractivity (Wildman–Crippen MR) is 47.7 cm³/mol. The van der Waals surface area contributed by atoms with Crippen LogP contribution in [0.2, 0.25) is 0 Å². The summed E-state index contributed by atoms with van der Waals surface area (Å²) < 4.78 is 0. The van der Waals surface area contributed by atoms with E-state index < -0.39 is 0 Å². The van der Waals surface area contributed by atoms with Gasteiger partial charge in [-0.05, 0) is 25.5 Å². The number of aryl methyl sites for hydroxylation is 2. The normalized spacial score (nSPS) is 9.42. The lowest BCUT2D eigenvalue weighted by atomic mass is 10.1. The summed E-state index contributed by atoms with van der Waals surface area (Å²) in [4.78, 5) is 4.31. The van der Waals surface area contributed by atoms with Gasteiger partial charge in [-0.1, -0.05) is 13.3 Å². The van der Waals surface area contributed by atoms with E-state index in [0.717, 1.165) is 24.2 Å². The minimum Gasteiger partial charge on any atom is -0.257 e. The third kappa shape index (κ3) is 1.82. The molecule has 0 saturated carbocycles. The third-order valence-corrected chi connectivity index (χ3v) is 1.72. The highest BCUT2D eigenvalue weighted by molar-refractivity contribution is 5.34. The Morgan fingerprint density at radius 3 is 2.83 bits per heavy atom. The van der Waals surface area contributed by atoms with Gasteiger partial charge in [0.15, 0.2) is 0 Å². The van der Waals surface area contributed by atoms with Crippen LogP contribution in [0.3, 0.4) is 0 Å². The van der Waals surface area contributed by atoms with Crippen LogP contribution in [-0.4, -0.2) is 4.98 Å². The van der Waals surface area contributed by atoms with Crippen LogP contribution in [0.1, 0.15) is 30.3 Å². The highest BCUT2D eigenvalue weighted by Gasteiger charge is 2.01. The van der Waals surface area contributed by atoms with E-state index in [2.05, 4.69) is 18.0 Å². The number of nitriles is 1. The molecule has 0 bridgehead atoms. The Balaban J connectivity index is 3.06. The van der Waals surface area contributed by atoms with E-state index in [0.29, 0.717) is 5.56 Å². The van der Waals surface area contributed by atoms with Crippen LogP contribution in [0.4, 0.5) is 0 Å². The summed E-state index contributed by atoms with van der Waals surface area (Å²) >= 11 is 0. The fourth-order valence-corrected chi connectivity index (χ4v) is 1.14. The molecule has 0 N–H and O–H groups in total. The van der Waals surface area contributed by atoms with Gasteiger partial charge in [0, 0.05) is 5.69 Å². The van der Waals surface area contributed by atoms with Crippen LogP contribution < -0.4 is 0 Å². The zero-order valence-corrected chi connectivity index (χ0v) is 7.46. The van der Waals surface area contributed by atoms with E-state index >= 15 is 0 Å². The molecule has 0 radical (unpaired) electrons. The molecule has 0 aliphatic carbocycles. The Kier molecular flexibility index (Phi) is 2.82. The molecule has 0 spiro atoms. The molecular formula is C10H12N2. The van der Waals surface area contributed by atoms with Gasteiger partial charge < -0.3 is 0 Å². The number of pyridine rings is 1. The summed E-state index contributed by atoms with van der Waals surface area (Å²) in [6, 6.07) is 5.86. The SMILES string of the molecule is CCCc1nc(C)ccc1C#N. The van der Waals surface area contributed by atoms with E-state index in [1.54, 1.807) is 0 Å². The smallest absolute Gasteiger partial charge is 0.101 e. The van der Waals surface area contributed by atoms with Crippen LogP contribution in [-0.2, 0) is 6.42 Å². The van der Waals surface area contributed by atoms with Crippen molar-refractivity contribution in [2.75, 3.05) is 0 Å². The number of hydrogen-bond acceptors (Lipinski definition) is 2. The topological polar surface area (TPSA) is 36.7 Å². The van der Waals surface area contributed by atoms with Crippen LogP contribution in [0.25, 0.3) is 0 Å². The molecule has 1 aromatic rings. The number of rotatable bonds is 2. The first-order valence-corrected chi connectivity index (χ1v) is 4.14. The molecule has 1 heterocycles. The van der Waals surface area contributed by atoms with Gasteiger partial charge in [0.2, 0.25) is 0 Å². The molecule has 62 valence electrons. The van der Waals surface area contributed by atoms with Crippen LogP contribution in [0.15, 0.2) is 12.1 Å². The first kappa shape index (κ1) is 8.73. The Hall–Kier alpha value is -1.36. The Bertz CT molecular complexity index is 310. The highest BCUT2D eigenvalue weighted by Crippen LogP contribution is 2.08. The molecule has 0 amide bonds. The Morgan fingerprint density at radius 1 is 1.50 bits per heavy atom. The van der Waals surface area contributed by atoms with Crippen LogP contribution >= 0.6 is 0 Å². The molecule has 0 saturated heterocycles. The standard InChI is InChI=1S/C10H12N2/c1-3-4-10-9(7-11)6-5-8(2)12-10/h5-6H,3-4H2,1-2H3. The molecular weight excluding hydrogens is 148 g/mol. The molecule has 1 rings (SSSR count). The average Bonchev–Trinajstić information content (AvgIpc) is 2.05. The molecule has 12 heavy (non-hydrogen) atoms. The van der Waals surface area contributed by atoms with Gasteiger partial charge in [-0.25, -0.2) is 0 Å². The summed E-state index contributed by atoms with van der Waals surface area (Å²) in [5, 5.41) is 8.75. The lowest BCUT2D eigenvalue weighted by Crippen LogP contribution is -1.95. The van der Waals surface area contributed by atoms with Crippen LogP contribution in [0, 0.1) is 18.3 Å². The second-order valence-electron chi connectivity index (χ2n) is 2.81. The van der Waals surface area contributed by atoms with Crippen molar-refractivity contribution in [3.63, 3.8) is 0 Å². The summed E-state index contributed by atoms with van der Waals surface area (Å²) in [6.07, 6.45) is 1.93. The van der Waals surface area contributed by atoms with Crippen molar-refractivity contribution in [2.24, 2.45) is 0 Å². The maximum Gasteiger partial charge on any atom is 0.101 e. The maximum absolute atomic E-state index is 8.75. The second-order valence-corrected chi connectivity index (χ2v) is 2.81. The van der Waals surface area contributed by atoms with Gasteiger partial charge in [-0.3, -0.25) is 4.98 Å². The Morgan fingerprint density at radius 2 is 2.25 bits per heavy atom. The van der Waals surface area contributed by atoms with Crippen molar-refractivity contribution in [3.05, 3.63) is 29.1 Å². The second kappa shape index (κ2) is 3.87. The van der Waals surface area contributed by atoms with Crippen molar-refractivity contribution < 1.29 is 0 Å². The lowest BCUT2D eigenvalue weighted by molar-refractivity contribution is 0.869. The van der Waals surface area contributed by atoms with E-state index in [1.807, 2.05) is 19.1 Å². The number of hydrogen-bond donors (Lipinski definition) is 0. The van der Waals surface area contributed by atoms with Crippen molar-refractivity contribution in [1.82, 2.24) is 4.98 Å². The summed E-state index contributed by atoms with van der Waals surface area (Å²) in [6.45, 7) is 4.03. The largest absolute Gasteiger partial charge is 0.257 e. The van der Waals surface area contributed by atoms with Crippen molar-refractivity contribution in [1.29, 1.82) is 5.26 Å². The summed E-state index contributed by atoms with van der Waals surface area (Å²) in [5.74, 6) is 0. The number of nitrogens with zero attached hydrogens (tertiary/aromatic N) is 2. The highest BCUT2D eigenvalue weighted by atomic mass is 14.7. The minimum atomic E-state index is 0.711. The van der Waals surface area contributed by atoms with Gasteiger partial charge in [0.1, 0.15) is 6.07 Å². The first-order chi connectivity index (χ1) is 5.77. The summed E-state index contributed by atoms with van der Waals surface area (Å²) in [5.41, 5.74) is 2.62. The molecule has 2 heteroatoms. The third-order valence-electron chi connectivity index (χ3n) is 1.72. The lowest BCUT2D eigenvalue weighted by Gasteiger charge is -2.01. The van der Waals surface area contributed by atoms with Crippen molar-refractivity contribution in [3.8, 4) is 6.07 Å². The molecule has 1 aromatic heterocycles. The van der Waals surface area contributed by atoms with Gasteiger partial charge >= 0.3 is 0 Å². The average molecular weight is 160 g/mol.